The summed E-state index contributed by atoms with van der Waals surface area (Å²) in [7, 11) is 0. The average molecular weight is 365 g/mol. The maximum Gasteiger partial charge on any atom is 0.335 e. The highest BCUT2D eigenvalue weighted by molar-refractivity contribution is 5.98. The highest BCUT2D eigenvalue weighted by Gasteiger charge is 2.13. The van der Waals surface area contributed by atoms with Crippen LogP contribution in [0.1, 0.15) is 20.7 Å². The SMILES string of the molecule is O=C(COc1ccc2ccccc2c1)Nc1cc(C(=O)O)cc(C(=O)O)c1. The molecule has 0 saturated heterocycles. The van der Waals surface area contributed by atoms with Crippen molar-refractivity contribution in [1.82, 2.24) is 0 Å². The number of aromatic carboxylic acids is 2. The molecule has 0 aliphatic heterocycles. The molecule has 0 aromatic heterocycles. The third-order valence-corrected chi connectivity index (χ3v) is 3.80. The number of carboxylic acid groups (broad SMARTS) is 2. The normalized spacial score (nSPS) is 10.4. The van der Waals surface area contributed by atoms with Gasteiger partial charge in [0, 0.05) is 5.69 Å². The van der Waals surface area contributed by atoms with Gasteiger partial charge in [-0.3, -0.25) is 4.79 Å². The molecule has 0 unspecified atom stereocenters. The van der Waals surface area contributed by atoms with Gasteiger partial charge in [-0.05, 0) is 41.1 Å². The first kappa shape index (κ1) is 17.9. The standard InChI is InChI=1S/C20H15NO6/c22-18(11-27-17-6-5-12-3-1-2-4-13(12)10-17)21-16-8-14(19(23)24)7-15(9-16)20(25)26/h1-10H,11H2,(H,21,22)(H,23,24)(H,25,26). The lowest BCUT2D eigenvalue weighted by molar-refractivity contribution is -0.118. The van der Waals surface area contributed by atoms with Crippen LogP contribution in [0.5, 0.6) is 5.75 Å². The van der Waals surface area contributed by atoms with Crippen LogP contribution in [0.3, 0.4) is 0 Å². The van der Waals surface area contributed by atoms with Crippen molar-refractivity contribution in [1.29, 1.82) is 0 Å². The fourth-order valence-corrected chi connectivity index (χ4v) is 2.55. The maximum atomic E-state index is 12.1. The van der Waals surface area contributed by atoms with Crippen molar-refractivity contribution in [2.75, 3.05) is 11.9 Å². The number of anilines is 1. The second-order valence-electron chi connectivity index (χ2n) is 5.76. The summed E-state index contributed by atoms with van der Waals surface area (Å²) in [5.74, 6) is -2.61. The van der Waals surface area contributed by atoms with E-state index in [0.29, 0.717) is 5.75 Å². The predicted molar refractivity (Wildman–Crippen MR) is 98.4 cm³/mol. The van der Waals surface area contributed by atoms with Gasteiger partial charge in [0.25, 0.3) is 5.91 Å². The molecular formula is C20H15NO6. The van der Waals surface area contributed by atoms with E-state index in [2.05, 4.69) is 5.32 Å². The number of fused-ring (bicyclic) bond motifs is 1. The van der Waals surface area contributed by atoms with Gasteiger partial charge in [-0.1, -0.05) is 30.3 Å². The van der Waals surface area contributed by atoms with Crippen LogP contribution < -0.4 is 10.1 Å². The number of ether oxygens (including phenoxy) is 1. The van der Waals surface area contributed by atoms with Crippen molar-refractivity contribution in [2.45, 2.75) is 0 Å². The van der Waals surface area contributed by atoms with E-state index in [4.69, 9.17) is 14.9 Å². The van der Waals surface area contributed by atoms with Crippen LogP contribution in [0.4, 0.5) is 5.69 Å². The number of carbonyl (C=O) groups is 3. The molecule has 0 fully saturated rings. The van der Waals surface area contributed by atoms with E-state index < -0.39 is 17.8 Å². The Balaban J connectivity index is 1.69. The summed E-state index contributed by atoms with van der Waals surface area (Å²) in [6.45, 7) is -0.307. The molecule has 7 heteroatoms. The molecule has 1 amide bonds. The lowest BCUT2D eigenvalue weighted by atomic mass is 10.1. The molecule has 3 aromatic rings. The predicted octanol–water partition coefficient (Wildman–Crippen LogP) is 3.25. The van der Waals surface area contributed by atoms with Crippen LogP contribution in [0.15, 0.2) is 60.7 Å². The number of benzene rings is 3. The monoisotopic (exact) mass is 365 g/mol. The Labute approximate surface area is 153 Å². The number of hydrogen-bond acceptors (Lipinski definition) is 4. The third-order valence-electron chi connectivity index (χ3n) is 3.80. The fourth-order valence-electron chi connectivity index (χ4n) is 2.55. The summed E-state index contributed by atoms with van der Waals surface area (Å²) in [6, 6.07) is 16.5. The van der Waals surface area contributed by atoms with E-state index >= 15 is 0 Å². The number of carboxylic acids is 2. The van der Waals surface area contributed by atoms with Gasteiger partial charge in [0.1, 0.15) is 5.75 Å². The number of rotatable bonds is 6. The second-order valence-corrected chi connectivity index (χ2v) is 5.76. The molecule has 0 bridgehead atoms. The van der Waals surface area contributed by atoms with Crippen LogP contribution in [0.25, 0.3) is 10.8 Å². The lowest BCUT2D eigenvalue weighted by Crippen LogP contribution is -2.20. The van der Waals surface area contributed by atoms with Crippen molar-refractivity contribution in [2.24, 2.45) is 0 Å². The number of carbonyl (C=O) groups excluding carboxylic acids is 1. The molecule has 0 aliphatic rings. The summed E-state index contributed by atoms with van der Waals surface area (Å²) in [6.07, 6.45) is 0. The van der Waals surface area contributed by atoms with Crippen molar-refractivity contribution in [3.05, 3.63) is 71.8 Å². The summed E-state index contributed by atoms with van der Waals surface area (Å²) in [5.41, 5.74) is -0.402. The molecule has 27 heavy (non-hydrogen) atoms. The Morgan fingerprint density at radius 1 is 0.815 bits per heavy atom. The molecule has 7 nitrogen and oxygen atoms in total. The maximum absolute atomic E-state index is 12.1. The minimum absolute atomic E-state index is 0.0689. The van der Waals surface area contributed by atoms with Crippen molar-refractivity contribution >= 4 is 34.3 Å². The first-order valence-electron chi connectivity index (χ1n) is 7.95. The minimum Gasteiger partial charge on any atom is -0.484 e. The first-order valence-corrected chi connectivity index (χ1v) is 7.95. The summed E-state index contributed by atoms with van der Waals surface area (Å²) < 4.78 is 5.46. The van der Waals surface area contributed by atoms with Gasteiger partial charge >= 0.3 is 11.9 Å². The van der Waals surface area contributed by atoms with E-state index in [9.17, 15) is 14.4 Å². The van der Waals surface area contributed by atoms with Crippen LogP contribution in [-0.2, 0) is 4.79 Å². The van der Waals surface area contributed by atoms with Crippen LogP contribution >= 0.6 is 0 Å². The van der Waals surface area contributed by atoms with Gasteiger partial charge in [-0.15, -0.1) is 0 Å². The Hall–Kier alpha value is -3.87. The van der Waals surface area contributed by atoms with Gasteiger partial charge < -0.3 is 20.3 Å². The van der Waals surface area contributed by atoms with Gasteiger partial charge in [0.05, 0.1) is 11.1 Å². The molecule has 0 aliphatic carbocycles. The first-order chi connectivity index (χ1) is 12.9. The highest BCUT2D eigenvalue weighted by Crippen LogP contribution is 2.21. The average Bonchev–Trinajstić information content (AvgIpc) is 2.65. The molecule has 3 aromatic carbocycles. The van der Waals surface area contributed by atoms with Crippen LogP contribution in [-0.4, -0.2) is 34.7 Å². The van der Waals surface area contributed by atoms with E-state index in [-0.39, 0.29) is 23.4 Å². The Kier molecular flexibility index (Phi) is 5.03. The third kappa shape index (κ3) is 4.40. The summed E-state index contributed by atoms with van der Waals surface area (Å²) in [4.78, 5) is 34.3. The van der Waals surface area contributed by atoms with Crippen LogP contribution in [0.2, 0.25) is 0 Å². The highest BCUT2D eigenvalue weighted by atomic mass is 16.5. The molecular weight excluding hydrogens is 350 g/mol. The van der Waals surface area contributed by atoms with E-state index in [1.165, 1.54) is 12.1 Å². The molecule has 3 N–H and O–H groups in total. The fraction of sp³-hybridized carbons (Fsp3) is 0.0500. The number of amides is 1. The van der Waals surface area contributed by atoms with Gasteiger partial charge in [0.2, 0.25) is 0 Å². The van der Waals surface area contributed by atoms with Crippen molar-refractivity contribution in [3.8, 4) is 5.75 Å². The summed E-state index contributed by atoms with van der Waals surface area (Å²) >= 11 is 0. The van der Waals surface area contributed by atoms with Crippen molar-refractivity contribution < 1.29 is 29.3 Å². The second kappa shape index (κ2) is 7.57. The zero-order chi connectivity index (χ0) is 19.4. The van der Waals surface area contributed by atoms with Gasteiger partial charge in [-0.2, -0.15) is 0 Å². The number of nitrogens with one attached hydrogen (secondary N) is 1. The van der Waals surface area contributed by atoms with Gasteiger partial charge in [-0.25, -0.2) is 9.59 Å². The van der Waals surface area contributed by atoms with E-state index in [1.54, 1.807) is 12.1 Å². The molecule has 0 heterocycles. The molecule has 0 radical (unpaired) electrons. The largest absolute Gasteiger partial charge is 0.484 e. The molecule has 0 atom stereocenters. The summed E-state index contributed by atoms with van der Waals surface area (Å²) in [5, 5.41) is 22.6. The Bertz CT molecular complexity index is 1010. The molecule has 0 spiro atoms. The Morgan fingerprint density at radius 3 is 2.07 bits per heavy atom. The van der Waals surface area contributed by atoms with E-state index in [1.807, 2.05) is 30.3 Å². The zero-order valence-electron chi connectivity index (χ0n) is 14.0. The Morgan fingerprint density at radius 2 is 1.44 bits per heavy atom. The molecule has 136 valence electrons. The topological polar surface area (TPSA) is 113 Å². The van der Waals surface area contributed by atoms with E-state index in [0.717, 1.165) is 16.8 Å². The zero-order valence-corrected chi connectivity index (χ0v) is 14.0. The van der Waals surface area contributed by atoms with Crippen LogP contribution in [0, 0.1) is 0 Å². The molecule has 3 rings (SSSR count). The quantitative estimate of drug-likeness (QED) is 0.618. The minimum atomic E-state index is -1.29. The smallest absolute Gasteiger partial charge is 0.335 e. The number of hydrogen-bond donors (Lipinski definition) is 3. The molecule has 0 saturated carbocycles. The van der Waals surface area contributed by atoms with Gasteiger partial charge in [0.15, 0.2) is 6.61 Å². The van der Waals surface area contributed by atoms with Crippen molar-refractivity contribution in [3.63, 3.8) is 0 Å². The lowest BCUT2D eigenvalue weighted by Gasteiger charge is -2.10.